The maximum atomic E-state index is 10.9. The predicted molar refractivity (Wildman–Crippen MR) is 116 cm³/mol. The fourth-order valence-electron chi connectivity index (χ4n) is 4.63. The molecule has 1 unspecified atom stereocenters. The standard InChI is InChI=1S/C25H40O2/c1-7-8-9-10-13-25(5,6)19-15-22(26)24(23(27)16-19)21-14-18(4)11-12-20(21)17(2)3/h14-17,20-21,26-27H,7-13H2,1-6H3/t20?,21-/m1/s1. The molecule has 2 heteroatoms. The molecule has 152 valence electrons. The molecule has 0 saturated heterocycles. The summed E-state index contributed by atoms with van der Waals surface area (Å²) in [6.45, 7) is 13.3. The van der Waals surface area contributed by atoms with Crippen molar-refractivity contribution >= 4 is 0 Å². The third-order valence-electron chi connectivity index (χ3n) is 6.56. The molecule has 2 rings (SSSR count). The predicted octanol–water partition coefficient (Wildman–Crippen LogP) is 7.44. The van der Waals surface area contributed by atoms with Gasteiger partial charge in [0.2, 0.25) is 0 Å². The Morgan fingerprint density at radius 2 is 1.70 bits per heavy atom. The van der Waals surface area contributed by atoms with E-state index in [1.54, 1.807) is 0 Å². The highest BCUT2D eigenvalue weighted by molar-refractivity contribution is 5.52. The van der Waals surface area contributed by atoms with Crippen LogP contribution in [0.1, 0.15) is 104 Å². The topological polar surface area (TPSA) is 40.5 Å². The van der Waals surface area contributed by atoms with Gasteiger partial charge < -0.3 is 10.2 Å². The Balaban J connectivity index is 2.32. The zero-order valence-electron chi connectivity index (χ0n) is 18.3. The number of aromatic hydroxyl groups is 2. The van der Waals surface area contributed by atoms with Gasteiger partial charge >= 0.3 is 0 Å². The second-order valence-corrected chi connectivity index (χ2v) is 9.61. The zero-order valence-corrected chi connectivity index (χ0v) is 18.3. The van der Waals surface area contributed by atoms with Crippen LogP contribution in [0.4, 0.5) is 0 Å². The normalized spacial score (nSPS) is 20.8. The highest BCUT2D eigenvalue weighted by Gasteiger charge is 2.32. The van der Waals surface area contributed by atoms with E-state index < -0.39 is 0 Å². The molecule has 2 N–H and O–H groups in total. The molecule has 1 aliphatic rings. The van der Waals surface area contributed by atoms with Gasteiger partial charge in [-0.15, -0.1) is 0 Å². The zero-order chi connectivity index (χ0) is 20.2. The number of hydrogen-bond donors (Lipinski definition) is 2. The van der Waals surface area contributed by atoms with Gasteiger partial charge in [0.1, 0.15) is 11.5 Å². The van der Waals surface area contributed by atoms with Crippen molar-refractivity contribution < 1.29 is 10.2 Å². The maximum Gasteiger partial charge on any atom is 0.123 e. The van der Waals surface area contributed by atoms with E-state index in [9.17, 15) is 10.2 Å². The van der Waals surface area contributed by atoms with Crippen molar-refractivity contribution in [3.8, 4) is 11.5 Å². The van der Waals surface area contributed by atoms with Crippen LogP contribution in [-0.4, -0.2) is 10.2 Å². The van der Waals surface area contributed by atoms with E-state index in [-0.39, 0.29) is 22.8 Å². The van der Waals surface area contributed by atoms with Crippen LogP contribution in [-0.2, 0) is 5.41 Å². The molecule has 0 fully saturated rings. The molecule has 1 aromatic carbocycles. The lowest BCUT2D eigenvalue weighted by Gasteiger charge is -2.34. The highest BCUT2D eigenvalue weighted by Crippen LogP contribution is 2.48. The third-order valence-corrected chi connectivity index (χ3v) is 6.56. The van der Waals surface area contributed by atoms with E-state index in [2.05, 4.69) is 47.6 Å². The fraction of sp³-hybridized carbons (Fsp3) is 0.680. The van der Waals surface area contributed by atoms with E-state index in [1.165, 1.54) is 31.3 Å². The number of allylic oxidation sites excluding steroid dienone is 2. The number of hydrogen-bond acceptors (Lipinski definition) is 2. The van der Waals surface area contributed by atoms with Crippen LogP contribution < -0.4 is 0 Å². The first-order valence-electron chi connectivity index (χ1n) is 10.9. The van der Waals surface area contributed by atoms with Crippen molar-refractivity contribution in [2.45, 2.75) is 97.8 Å². The van der Waals surface area contributed by atoms with Crippen LogP contribution in [0.15, 0.2) is 23.8 Å². The SMILES string of the molecule is CCCCCCC(C)(C)c1cc(O)c([C@@H]2C=C(C)CCC2C(C)C)c(O)c1. The Hall–Kier alpha value is -1.44. The lowest BCUT2D eigenvalue weighted by molar-refractivity contribution is 0.303. The molecule has 27 heavy (non-hydrogen) atoms. The summed E-state index contributed by atoms with van der Waals surface area (Å²) in [5, 5.41) is 21.8. The quantitative estimate of drug-likeness (QED) is 0.367. The van der Waals surface area contributed by atoms with Crippen LogP contribution in [0, 0.1) is 11.8 Å². The molecule has 1 aromatic rings. The van der Waals surface area contributed by atoms with Crippen molar-refractivity contribution in [1.82, 2.24) is 0 Å². The largest absolute Gasteiger partial charge is 0.507 e. The molecular formula is C25H40O2. The number of phenols is 2. The molecule has 0 spiro atoms. The summed E-state index contributed by atoms with van der Waals surface area (Å²) in [6.07, 6.45) is 10.5. The van der Waals surface area contributed by atoms with E-state index in [0.717, 1.165) is 30.4 Å². The van der Waals surface area contributed by atoms with Crippen molar-refractivity contribution in [3.05, 3.63) is 34.9 Å². The van der Waals surface area contributed by atoms with E-state index in [1.807, 2.05) is 12.1 Å². The molecule has 1 aliphatic carbocycles. The summed E-state index contributed by atoms with van der Waals surface area (Å²) in [7, 11) is 0. The Bertz CT molecular complexity index is 631. The number of benzene rings is 1. The van der Waals surface area contributed by atoms with Gasteiger partial charge in [0.05, 0.1) is 0 Å². The van der Waals surface area contributed by atoms with Gasteiger partial charge in [0, 0.05) is 11.5 Å². The molecule has 0 aliphatic heterocycles. The molecule has 0 radical (unpaired) electrons. The molecule has 0 heterocycles. The van der Waals surface area contributed by atoms with Gasteiger partial charge in [-0.05, 0) is 61.1 Å². The average Bonchev–Trinajstić information content (AvgIpc) is 2.58. The summed E-state index contributed by atoms with van der Waals surface area (Å²) in [6, 6.07) is 3.81. The maximum absolute atomic E-state index is 10.9. The van der Waals surface area contributed by atoms with Gasteiger partial charge in [0.15, 0.2) is 0 Å². The smallest absolute Gasteiger partial charge is 0.123 e. The highest BCUT2D eigenvalue weighted by atomic mass is 16.3. The third kappa shape index (κ3) is 5.30. The molecular weight excluding hydrogens is 332 g/mol. The van der Waals surface area contributed by atoms with Crippen molar-refractivity contribution in [3.63, 3.8) is 0 Å². The van der Waals surface area contributed by atoms with Gasteiger partial charge in [-0.3, -0.25) is 0 Å². The second kappa shape index (κ2) is 9.17. The number of rotatable bonds is 8. The summed E-state index contributed by atoms with van der Waals surface area (Å²) in [5.74, 6) is 1.59. The van der Waals surface area contributed by atoms with Crippen LogP contribution in [0.2, 0.25) is 0 Å². The van der Waals surface area contributed by atoms with Crippen LogP contribution in [0.25, 0.3) is 0 Å². The summed E-state index contributed by atoms with van der Waals surface area (Å²) >= 11 is 0. The summed E-state index contributed by atoms with van der Waals surface area (Å²) in [4.78, 5) is 0. The van der Waals surface area contributed by atoms with Gasteiger partial charge in [-0.1, -0.05) is 72.0 Å². The van der Waals surface area contributed by atoms with E-state index >= 15 is 0 Å². The molecule has 0 aromatic heterocycles. The molecule has 0 amide bonds. The van der Waals surface area contributed by atoms with E-state index in [4.69, 9.17) is 0 Å². The van der Waals surface area contributed by atoms with Gasteiger partial charge in [0.25, 0.3) is 0 Å². The number of unbranched alkanes of at least 4 members (excludes halogenated alkanes) is 3. The van der Waals surface area contributed by atoms with E-state index in [0.29, 0.717) is 11.8 Å². The Morgan fingerprint density at radius 3 is 2.26 bits per heavy atom. The second-order valence-electron chi connectivity index (χ2n) is 9.61. The minimum absolute atomic E-state index is 0.0446. The average molecular weight is 373 g/mol. The first-order valence-corrected chi connectivity index (χ1v) is 10.9. The lowest BCUT2D eigenvalue weighted by Crippen LogP contribution is -2.22. The molecule has 2 nitrogen and oxygen atoms in total. The first kappa shape index (κ1) is 21.9. The Kier molecular flexibility index (Phi) is 7.42. The Labute approximate surface area is 166 Å². The van der Waals surface area contributed by atoms with Crippen LogP contribution in [0.5, 0.6) is 11.5 Å². The van der Waals surface area contributed by atoms with Crippen LogP contribution in [0.3, 0.4) is 0 Å². The number of phenolic OH excluding ortho intramolecular Hbond substituents is 2. The van der Waals surface area contributed by atoms with Crippen molar-refractivity contribution in [1.29, 1.82) is 0 Å². The van der Waals surface area contributed by atoms with Gasteiger partial charge in [-0.2, -0.15) is 0 Å². The fourth-order valence-corrected chi connectivity index (χ4v) is 4.63. The Morgan fingerprint density at radius 1 is 1.07 bits per heavy atom. The molecule has 0 saturated carbocycles. The summed E-state index contributed by atoms with van der Waals surface area (Å²) in [5.41, 5.74) is 3.07. The van der Waals surface area contributed by atoms with Crippen molar-refractivity contribution in [2.75, 3.05) is 0 Å². The monoisotopic (exact) mass is 372 g/mol. The van der Waals surface area contributed by atoms with Gasteiger partial charge in [-0.25, -0.2) is 0 Å². The van der Waals surface area contributed by atoms with Crippen molar-refractivity contribution in [2.24, 2.45) is 11.8 Å². The molecule has 0 bridgehead atoms. The minimum atomic E-state index is -0.0446. The van der Waals surface area contributed by atoms with Crippen LogP contribution >= 0.6 is 0 Å². The summed E-state index contributed by atoms with van der Waals surface area (Å²) < 4.78 is 0. The minimum Gasteiger partial charge on any atom is -0.507 e. The first-order chi connectivity index (χ1) is 12.7. The molecule has 2 atom stereocenters. The lowest BCUT2D eigenvalue weighted by atomic mass is 9.71.